The van der Waals surface area contributed by atoms with Crippen LogP contribution in [0.3, 0.4) is 0 Å². The summed E-state index contributed by atoms with van der Waals surface area (Å²) in [4.78, 5) is 25.7. The summed E-state index contributed by atoms with van der Waals surface area (Å²) in [5.74, 6) is 1.23. The molecule has 1 aromatic rings. The van der Waals surface area contributed by atoms with Crippen molar-refractivity contribution in [2.75, 3.05) is 47.1 Å². The third-order valence-electron chi connectivity index (χ3n) is 3.88. The van der Waals surface area contributed by atoms with Crippen LogP contribution in [-0.2, 0) is 19.1 Å². The summed E-state index contributed by atoms with van der Waals surface area (Å²) in [6.07, 6.45) is 1.90. The molecule has 7 heteroatoms. The normalized spacial score (nSPS) is 10.3. The fourth-order valence-electron chi connectivity index (χ4n) is 2.46. The number of carbonyl (C=O) groups excluding carboxylic acids is 2. The van der Waals surface area contributed by atoms with Crippen molar-refractivity contribution in [2.45, 2.75) is 32.6 Å². The van der Waals surface area contributed by atoms with Crippen LogP contribution in [0.4, 0.5) is 0 Å². The smallest absolute Gasteiger partial charge is 0.307 e. The minimum atomic E-state index is -0.287. The highest BCUT2D eigenvalue weighted by molar-refractivity contribution is 5.77. The number of hydrogen-bond acceptors (Lipinski definition) is 6. The zero-order chi connectivity index (χ0) is 19.9. The first-order valence-electron chi connectivity index (χ1n) is 9.29. The molecule has 7 nitrogen and oxygen atoms in total. The van der Waals surface area contributed by atoms with Gasteiger partial charge in [-0.2, -0.15) is 0 Å². The van der Waals surface area contributed by atoms with Crippen LogP contribution in [0, 0.1) is 0 Å². The number of rotatable bonds is 14. The molecule has 1 rings (SSSR count). The van der Waals surface area contributed by atoms with E-state index >= 15 is 0 Å². The van der Waals surface area contributed by atoms with Crippen LogP contribution in [0.2, 0.25) is 0 Å². The molecule has 0 radical (unpaired) electrons. The van der Waals surface area contributed by atoms with Gasteiger partial charge in [-0.1, -0.05) is 0 Å². The molecular formula is C20H31NO6. The first-order chi connectivity index (χ1) is 13.1. The SMILES string of the molecule is CCOC(=O)CCN(CCCOC)C(=O)CCCOc1ccc(OC)cc1. The average molecular weight is 381 g/mol. The lowest BCUT2D eigenvalue weighted by atomic mass is 10.2. The molecule has 0 bridgehead atoms. The second-order valence-corrected chi connectivity index (χ2v) is 5.91. The summed E-state index contributed by atoms with van der Waals surface area (Å²) in [5.41, 5.74) is 0. The van der Waals surface area contributed by atoms with E-state index in [1.807, 2.05) is 24.3 Å². The molecule has 0 unspecified atom stereocenters. The lowest BCUT2D eigenvalue weighted by Gasteiger charge is -2.22. The van der Waals surface area contributed by atoms with Gasteiger partial charge in [0.2, 0.25) is 5.91 Å². The van der Waals surface area contributed by atoms with E-state index in [4.69, 9.17) is 18.9 Å². The first-order valence-corrected chi connectivity index (χ1v) is 9.29. The number of amides is 1. The van der Waals surface area contributed by atoms with E-state index in [1.54, 1.807) is 26.0 Å². The fourth-order valence-corrected chi connectivity index (χ4v) is 2.46. The molecule has 0 saturated heterocycles. The Balaban J connectivity index is 2.37. The maximum absolute atomic E-state index is 12.5. The Bertz CT molecular complexity index is 546. The second-order valence-electron chi connectivity index (χ2n) is 5.91. The molecule has 0 aliphatic heterocycles. The molecule has 0 aliphatic rings. The molecule has 0 aliphatic carbocycles. The number of benzene rings is 1. The Kier molecular flexibility index (Phi) is 11.7. The van der Waals surface area contributed by atoms with Crippen molar-refractivity contribution < 1.29 is 28.5 Å². The number of nitrogens with zero attached hydrogens (tertiary/aromatic N) is 1. The van der Waals surface area contributed by atoms with Gasteiger partial charge in [0.1, 0.15) is 11.5 Å². The van der Waals surface area contributed by atoms with Crippen molar-refractivity contribution in [3.8, 4) is 11.5 Å². The Labute approximate surface area is 161 Å². The van der Waals surface area contributed by atoms with E-state index in [9.17, 15) is 9.59 Å². The van der Waals surface area contributed by atoms with Crippen molar-refractivity contribution in [1.82, 2.24) is 4.90 Å². The van der Waals surface area contributed by atoms with Gasteiger partial charge in [-0.25, -0.2) is 0 Å². The summed E-state index contributed by atoms with van der Waals surface area (Å²) >= 11 is 0. The highest BCUT2D eigenvalue weighted by atomic mass is 16.5. The van der Waals surface area contributed by atoms with Gasteiger partial charge in [0.25, 0.3) is 0 Å². The summed E-state index contributed by atoms with van der Waals surface area (Å²) in [5, 5.41) is 0. The first kappa shape index (κ1) is 22.8. The lowest BCUT2D eigenvalue weighted by Crippen LogP contribution is -2.34. The van der Waals surface area contributed by atoms with Gasteiger partial charge >= 0.3 is 5.97 Å². The van der Waals surface area contributed by atoms with E-state index in [-0.39, 0.29) is 18.3 Å². The number of hydrogen-bond donors (Lipinski definition) is 0. The maximum Gasteiger partial charge on any atom is 0.307 e. The Morgan fingerprint density at radius 3 is 2.26 bits per heavy atom. The molecule has 0 N–H and O–H groups in total. The Morgan fingerprint density at radius 2 is 1.63 bits per heavy atom. The summed E-state index contributed by atoms with van der Waals surface area (Å²) in [6, 6.07) is 7.31. The molecule has 0 fully saturated rings. The van der Waals surface area contributed by atoms with Gasteiger partial charge in [0.05, 0.1) is 26.7 Å². The van der Waals surface area contributed by atoms with Gasteiger partial charge in [-0.05, 0) is 44.0 Å². The zero-order valence-corrected chi connectivity index (χ0v) is 16.6. The van der Waals surface area contributed by atoms with Crippen molar-refractivity contribution in [3.05, 3.63) is 24.3 Å². The predicted octanol–water partition coefficient (Wildman–Crippen LogP) is 2.67. The van der Waals surface area contributed by atoms with E-state index in [0.29, 0.717) is 45.8 Å². The summed E-state index contributed by atoms with van der Waals surface area (Å²) in [6.45, 7) is 4.05. The standard InChI is InChI=1S/C20H31NO6/c1-4-26-20(23)12-14-21(13-6-15-24-2)19(22)7-5-16-27-18-10-8-17(25-3)9-11-18/h8-11H,4-7,12-16H2,1-3H3. The lowest BCUT2D eigenvalue weighted by molar-refractivity contribution is -0.144. The van der Waals surface area contributed by atoms with Crippen LogP contribution in [0.5, 0.6) is 11.5 Å². The van der Waals surface area contributed by atoms with Gasteiger partial charge < -0.3 is 23.8 Å². The largest absolute Gasteiger partial charge is 0.497 e. The van der Waals surface area contributed by atoms with Crippen molar-refractivity contribution in [3.63, 3.8) is 0 Å². The van der Waals surface area contributed by atoms with Crippen LogP contribution in [0.25, 0.3) is 0 Å². The monoisotopic (exact) mass is 381 g/mol. The van der Waals surface area contributed by atoms with Crippen molar-refractivity contribution in [1.29, 1.82) is 0 Å². The molecular weight excluding hydrogens is 350 g/mol. The molecule has 1 aromatic carbocycles. The molecule has 152 valence electrons. The third kappa shape index (κ3) is 9.84. The molecule has 0 saturated carbocycles. The number of carbonyl (C=O) groups is 2. The summed E-state index contributed by atoms with van der Waals surface area (Å²) in [7, 11) is 3.24. The van der Waals surface area contributed by atoms with Gasteiger partial charge in [-0.15, -0.1) is 0 Å². The third-order valence-corrected chi connectivity index (χ3v) is 3.88. The van der Waals surface area contributed by atoms with Crippen LogP contribution < -0.4 is 9.47 Å². The predicted molar refractivity (Wildman–Crippen MR) is 102 cm³/mol. The molecule has 0 aromatic heterocycles. The average Bonchev–Trinajstić information content (AvgIpc) is 2.68. The number of ether oxygens (including phenoxy) is 4. The highest BCUT2D eigenvalue weighted by Crippen LogP contribution is 2.17. The molecule has 0 spiro atoms. The summed E-state index contributed by atoms with van der Waals surface area (Å²) < 4.78 is 20.7. The van der Waals surface area contributed by atoms with E-state index in [2.05, 4.69) is 0 Å². The quantitative estimate of drug-likeness (QED) is 0.364. The highest BCUT2D eigenvalue weighted by Gasteiger charge is 2.15. The van der Waals surface area contributed by atoms with E-state index in [1.165, 1.54) is 0 Å². The van der Waals surface area contributed by atoms with Crippen molar-refractivity contribution in [2.24, 2.45) is 0 Å². The zero-order valence-electron chi connectivity index (χ0n) is 16.6. The molecule has 0 heterocycles. The molecule has 1 amide bonds. The van der Waals surface area contributed by atoms with E-state index < -0.39 is 0 Å². The Hall–Kier alpha value is -2.28. The number of esters is 1. The fraction of sp³-hybridized carbons (Fsp3) is 0.600. The van der Waals surface area contributed by atoms with Gasteiger partial charge in [0, 0.05) is 33.2 Å². The minimum absolute atomic E-state index is 0.00809. The topological polar surface area (TPSA) is 74.3 Å². The van der Waals surface area contributed by atoms with Gasteiger partial charge in [0.15, 0.2) is 0 Å². The molecule has 27 heavy (non-hydrogen) atoms. The van der Waals surface area contributed by atoms with Crippen LogP contribution in [0.15, 0.2) is 24.3 Å². The van der Waals surface area contributed by atoms with Crippen LogP contribution in [0.1, 0.15) is 32.6 Å². The minimum Gasteiger partial charge on any atom is -0.497 e. The van der Waals surface area contributed by atoms with Crippen molar-refractivity contribution >= 4 is 11.9 Å². The van der Waals surface area contributed by atoms with Gasteiger partial charge in [-0.3, -0.25) is 9.59 Å². The maximum atomic E-state index is 12.5. The second kappa shape index (κ2) is 13.9. The van der Waals surface area contributed by atoms with E-state index in [0.717, 1.165) is 17.9 Å². The van der Waals surface area contributed by atoms with Crippen LogP contribution >= 0.6 is 0 Å². The number of methoxy groups -OCH3 is 2. The molecule has 0 atom stereocenters. The Morgan fingerprint density at radius 1 is 0.926 bits per heavy atom. The van der Waals surface area contributed by atoms with Crippen LogP contribution in [-0.4, -0.2) is 63.9 Å².